The maximum atomic E-state index is 12.8. The van der Waals surface area contributed by atoms with Gasteiger partial charge in [0.1, 0.15) is 17.3 Å². The number of carbonyl (C=O) groups excluding carboxylic acids is 2. The molecule has 2 N–H and O–H groups in total. The third kappa shape index (κ3) is 3.99. The number of phenolic OH excluding ortho intramolecular Hbond substituents is 1. The quantitative estimate of drug-likeness (QED) is 0.389. The van der Waals surface area contributed by atoms with Gasteiger partial charge in [0.25, 0.3) is 11.7 Å². The van der Waals surface area contributed by atoms with Crippen LogP contribution in [0.4, 0.5) is 0 Å². The molecule has 1 aliphatic rings. The number of hydrogen-bond donors (Lipinski definition) is 2. The summed E-state index contributed by atoms with van der Waals surface area (Å²) in [6.45, 7) is 0.376. The van der Waals surface area contributed by atoms with Crippen molar-refractivity contribution in [3.8, 4) is 11.5 Å². The smallest absolute Gasteiger partial charge is 0.295 e. The maximum Gasteiger partial charge on any atom is 0.295 e. The summed E-state index contributed by atoms with van der Waals surface area (Å²) in [5.74, 6) is -1.28. The normalized spacial score (nSPS) is 18.3. The van der Waals surface area contributed by atoms with Crippen LogP contribution >= 0.6 is 15.9 Å². The number of rotatable bonds is 6. The number of nitrogens with zero attached hydrogens (tertiary/aromatic N) is 1. The van der Waals surface area contributed by atoms with E-state index in [1.54, 1.807) is 30.3 Å². The highest BCUT2D eigenvalue weighted by molar-refractivity contribution is 9.10. The summed E-state index contributed by atoms with van der Waals surface area (Å²) in [5.41, 5.74) is 0.816. The molecule has 29 heavy (non-hydrogen) atoms. The highest BCUT2D eigenvalue weighted by Gasteiger charge is 2.46. The number of aliphatic hydroxyl groups is 1. The monoisotopic (exact) mass is 461 g/mol. The number of aromatic hydroxyl groups is 1. The van der Waals surface area contributed by atoms with Gasteiger partial charge in [0.2, 0.25) is 0 Å². The van der Waals surface area contributed by atoms with Crippen LogP contribution in [0.3, 0.4) is 0 Å². The first-order valence-corrected chi connectivity index (χ1v) is 9.58. The molecule has 1 fully saturated rings. The lowest BCUT2D eigenvalue weighted by Gasteiger charge is -2.25. The Labute approximate surface area is 176 Å². The Morgan fingerprint density at radius 2 is 1.93 bits per heavy atom. The Hall–Kier alpha value is -2.84. The number of likely N-dealkylation sites (tertiary alicyclic amines) is 1. The van der Waals surface area contributed by atoms with Crippen molar-refractivity contribution in [1.29, 1.82) is 0 Å². The molecule has 1 amide bonds. The molecular weight excluding hydrogens is 442 g/mol. The zero-order valence-electron chi connectivity index (χ0n) is 15.9. The van der Waals surface area contributed by atoms with Crippen LogP contribution in [0.5, 0.6) is 11.5 Å². The van der Waals surface area contributed by atoms with Gasteiger partial charge in [-0.05, 0) is 51.8 Å². The lowest BCUT2D eigenvalue weighted by atomic mass is 9.95. The SMILES string of the molecule is COCCN1C(=O)C(=O)/C(=C(\O)c2ccc(OC)c(Br)c2)C1c1cccc(O)c1. The van der Waals surface area contributed by atoms with E-state index in [4.69, 9.17) is 9.47 Å². The van der Waals surface area contributed by atoms with Crippen molar-refractivity contribution in [3.05, 3.63) is 63.6 Å². The van der Waals surface area contributed by atoms with E-state index in [0.29, 0.717) is 21.3 Å². The van der Waals surface area contributed by atoms with Crippen molar-refractivity contribution < 1.29 is 29.3 Å². The van der Waals surface area contributed by atoms with Gasteiger partial charge in [-0.15, -0.1) is 0 Å². The summed E-state index contributed by atoms with van der Waals surface area (Å²) in [4.78, 5) is 26.8. The highest BCUT2D eigenvalue weighted by Crippen LogP contribution is 2.40. The first-order valence-electron chi connectivity index (χ1n) is 8.79. The van der Waals surface area contributed by atoms with Crippen LogP contribution in [-0.2, 0) is 14.3 Å². The number of phenols is 1. The van der Waals surface area contributed by atoms with E-state index in [-0.39, 0.29) is 30.2 Å². The number of hydrogen-bond acceptors (Lipinski definition) is 6. The van der Waals surface area contributed by atoms with Gasteiger partial charge in [0.15, 0.2) is 0 Å². The molecule has 0 aromatic heterocycles. The number of benzene rings is 2. The second kappa shape index (κ2) is 8.67. The zero-order chi connectivity index (χ0) is 21.1. The van der Waals surface area contributed by atoms with Gasteiger partial charge in [-0.2, -0.15) is 0 Å². The molecule has 2 aromatic rings. The van der Waals surface area contributed by atoms with Crippen LogP contribution in [0.2, 0.25) is 0 Å². The van der Waals surface area contributed by atoms with Gasteiger partial charge in [0, 0.05) is 19.2 Å². The summed E-state index contributed by atoms with van der Waals surface area (Å²) >= 11 is 3.36. The number of methoxy groups -OCH3 is 2. The average molecular weight is 462 g/mol. The molecule has 1 atom stereocenters. The van der Waals surface area contributed by atoms with Crippen LogP contribution in [0.15, 0.2) is 52.5 Å². The molecule has 0 aliphatic carbocycles. The predicted molar refractivity (Wildman–Crippen MR) is 110 cm³/mol. The van der Waals surface area contributed by atoms with Gasteiger partial charge >= 0.3 is 0 Å². The minimum Gasteiger partial charge on any atom is -0.508 e. The molecule has 1 heterocycles. The van der Waals surface area contributed by atoms with E-state index in [9.17, 15) is 19.8 Å². The summed E-state index contributed by atoms with van der Waals surface area (Å²) in [6.07, 6.45) is 0. The molecule has 8 heteroatoms. The van der Waals surface area contributed by atoms with Crippen molar-refractivity contribution in [2.75, 3.05) is 27.4 Å². The number of carbonyl (C=O) groups is 2. The minimum atomic E-state index is -0.849. The topological polar surface area (TPSA) is 96.3 Å². The Balaban J connectivity index is 2.17. The van der Waals surface area contributed by atoms with Gasteiger partial charge in [0.05, 0.1) is 29.8 Å². The van der Waals surface area contributed by atoms with Crippen molar-refractivity contribution in [3.63, 3.8) is 0 Å². The summed E-state index contributed by atoms with van der Waals surface area (Å²) in [5, 5.41) is 20.9. The molecule has 0 saturated carbocycles. The van der Waals surface area contributed by atoms with Crippen LogP contribution < -0.4 is 4.74 Å². The van der Waals surface area contributed by atoms with Crippen LogP contribution in [0.1, 0.15) is 17.2 Å². The fraction of sp³-hybridized carbons (Fsp3) is 0.238. The van der Waals surface area contributed by atoms with Crippen LogP contribution in [-0.4, -0.2) is 54.2 Å². The molecular formula is C21H20BrNO6. The molecule has 2 aromatic carbocycles. The maximum absolute atomic E-state index is 12.8. The second-order valence-electron chi connectivity index (χ2n) is 6.43. The molecule has 7 nitrogen and oxygen atoms in total. The number of Topliss-reactive ketones (excluding diaryl/α,β-unsaturated/α-hetero) is 1. The molecule has 1 unspecified atom stereocenters. The molecule has 152 valence electrons. The third-order valence-electron chi connectivity index (χ3n) is 4.69. The second-order valence-corrected chi connectivity index (χ2v) is 7.28. The standard InChI is InChI=1S/C21H20BrNO6/c1-28-9-8-23-18(12-4-3-5-14(24)10-12)17(20(26)21(23)27)19(25)13-6-7-16(29-2)15(22)11-13/h3-7,10-11,18,24-25H,8-9H2,1-2H3/b19-17-. The van der Waals surface area contributed by atoms with E-state index in [1.807, 2.05) is 0 Å². The molecule has 0 bridgehead atoms. The zero-order valence-corrected chi connectivity index (χ0v) is 17.5. The molecule has 3 rings (SSSR count). The van der Waals surface area contributed by atoms with Gasteiger partial charge in [-0.1, -0.05) is 12.1 Å². The van der Waals surface area contributed by atoms with E-state index in [0.717, 1.165) is 0 Å². The van der Waals surface area contributed by atoms with Gasteiger partial charge in [-0.25, -0.2) is 0 Å². The average Bonchev–Trinajstić information content (AvgIpc) is 2.96. The molecule has 0 spiro atoms. The predicted octanol–water partition coefficient (Wildman–Crippen LogP) is 3.23. The molecule has 1 saturated heterocycles. The van der Waals surface area contributed by atoms with Crippen LogP contribution in [0, 0.1) is 0 Å². The molecule has 1 aliphatic heterocycles. The van der Waals surface area contributed by atoms with Crippen molar-refractivity contribution >= 4 is 33.4 Å². The van der Waals surface area contributed by atoms with Crippen molar-refractivity contribution in [1.82, 2.24) is 4.90 Å². The highest BCUT2D eigenvalue weighted by atomic mass is 79.9. The fourth-order valence-electron chi connectivity index (χ4n) is 3.31. The lowest BCUT2D eigenvalue weighted by molar-refractivity contribution is -0.140. The van der Waals surface area contributed by atoms with Gasteiger partial charge in [-0.3, -0.25) is 9.59 Å². The Bertz CT molecular complexity index is 987. The van der Waals surface area contributed by atoms with Crippen molar-refractivity contribution in [2.45, 2.75) is 6.04 Å². The Morgan fingerprint density at radius 3 is 2.55 bits per heavy atom. The first kappa shape index (κ1) is 20.9. The van der Waals surface area contributed by atoms with E-state index in [2.05, 4.69) is 15.9 Å². The van der Waals surface area contributed by atoms with E-state index < -0.39 is 17.7 Å². The molecule has 0 radical (unpaired) electrons. The lowest BCUT2D eigenvalue weighted by Crippen LogP contribution is -2.32. The minimum absolute atomic E-state index is 0.00739. The largest absolute Gasteiger partial charge is 0.508 e. The fourth-order valence-corrected chi connectivity index (χ4v) is 3.85. The Morgan fingerprint density at radius 1 is 1.17 bits per heavy atom. The number of halogens is 1. The van der Waals surface area contributed by atoms with Gasteiger partial charge < -0.3 is 24.6 Å². The summed E-state index contributed by atoms with van der Waals surface area (Å²) in [7, 11) is 3.01. The number of amides is 1. The number of ketones is 1. The third-order valence-corrected chi connectivity index (χ3v) is 5.31. The van der Waals surface area contributed by atoms with E-state index >= 15 is 0 Å². The van der Waals surface area contributed by atoms with Crippen molar-refractivity contribution in [2.24, 2.45) is 0 Å². The Kier molecular flexibility index (Phi) is 6.24. The number of aliphatic hydroxyl groups excluding tert-OH is 1. The summed E-state index contributed by atoms with van der Waals surface area (Å²) in [6, 6.07) is 10.3. The summed E-state index contributed by atoms with van der Waals surface area (Å²) < 4.78 is 10.8. The van der Waals surface area contributed by atoms with E-state index in [1.165, 1.54) is 31.3 Å². The van der Waals surface area contributed by atoms with Crippen LogP contribution in [0.25, 0.3) is 5.76 Å². The first-order chi connectivity index (χ1) is 13.9. The number of ether oxygens (including phenoxy) is 2.